The molecule has 1 aromatic carbocycles. The summed E-state index contributed by atoms with van der Waals surface area (Å²) in [6.45, 7) is 2.49. The summed E-state index contributed by atoms with van der Waals surface area (Å²) < 4.78 is 0. The first kappa shape index (κ1) is 18.6. The summed E-state index contributed by atoms with van der Waals surface area (Å²) in [6, 6.07) is 7.85. The minimum atomic E-state index is -0.962. The summed E-state index contributed by atoms with van der Waals surface area (Å²) in [4.78, 5) is 28.1. The molecule has 0 radical (unpaired) electrons. The number of anilines is 2. The molecule has 3 aliphatic rings. The van der Waals surface area contributed by atoms with E-state index in [-0.39, 0.29) is 18.0 Å². The molecule has 1 saturated carbocycles. The van der Waals surface area contributed by atoms with Crippen LogP contribution in [0.3, 0.4) is 0 Å². The zero-order chi connectivity index (χ0) is 19.7. The number of fused-ring (bicyclic) bond motifs is 1. The van der Waals surface area contributed by atoms with Crippen LogP contribution >= 0.6 is 0 Å². The van der Waals surface area contributed by atoms with Crippen LogP contribution in [0, 0.1) is 11.3 Å². The van der Waals surface area contributed by atoms with Crippen LogP contribution in [0.5, 0.6) is 0 Å². The van der Waals surface area contributed by atoms with Crippen molar-refractivity contribution in [3.05, 3.63) is 23.8 Å². The van der Waals surface area contributed by atoms with E-state index in [0.29, 0.717) is 11.6 Å². The predicted molar refractivity (Wildman–Crippen MR) is 104 cm³/mol. The van der Waals surface area contributed by atoms with Crippen LogP contribution in [0.2, 0.25) is 0 Å². The summed E-state index contributed by atoms with van der Waals surface area (Å²) in [5.41, 5.74) is 2.29. The molecule has 1 aromatic rings. The molecule has 28 heavy (non-hydrogen) atoms. The Balaban J connectivity index is 1.41. The van der Waals surface area contributed by atoms with Crippen LogP contribution in [0.4, 0.5) is 16.2 Å². The van der Waals surface area contributed by atoms with Crippen molar-refractivity contribution in [3.63, 3.8) is 0 Å². The number of nitrogens with one attached hydrogen (secondary N) is 2. The Morgan fingerprint density at radius 2 is 2.04 bits per heavy atom. The van der Waals surface area contributed by atoms with Crippen molar-refractivity contribution in [1.29, 1.82) is 5.26 Å². The molecular weight excluding hydrogens is 358 g/mol. The molecular formula is C20H25N5O3. The van der Waals surface area contributed by atoms with E-state index in [0.717, 1.165) is 63.1 Å². The van der Waals surface area contributed by atoms with E-state index in [1.807, 2.05) is 12.1 Å². The van der Waals surface area contributed by atoms with Crippen molar-refractivity contribution < 1.29 is 14.7 Å². The van der Waals surface area contributed by atoms with Crippen molar-refractivity contribution in [3.8, 4) is 6.07 Å². The van der Waals surface area contributed by atoms with Gasteiger partial charge in [-0.25, -0.2) is 4.79 Å². The van der Waals surface area contributed by atoms with Gasteiger partial charge in [0.2, 0.25) is 5.91 Å². The Labute approximate surface area is 164 Å². The second kappa shape index (κ2) is 7.68. The minimum absolute atomic E-state index is 0.00285. The minimum Gasteiger partial charge on any atom is -0.465 e. The number of rotatable bonds is 5. The van der Waals surface area contributed by atoms with Gasteiger partial charge in [0.05, 0.1) is 23.0 Å². The molecule has 1 aliphatic carbocycles. The second-order valence-corrected chi connectivity index (χ2v) is 7.84. The fourth-order valence-electron chi connectivity index (χ4n) is 4.30. The second-order valence-electron chi connectivity index (χ2n) is 7.84. The smallest absolute Gasteiger partial charge is 0.404 e. The van der Waals surface area contributed by atoms with E-state index in [4.69, 9.17) is 10.4 Å². The molecule has 2 amide bonds. The van der Waals surface area contributed by atoms with Crippen LogP contribution < -0.4 is 15.5 Å². The van der Waals surface area contributed by atoms with Gasteiger partial charge < -0.3 is 25.5 Å². The summed E-state index contributed by atoms with van der Waals surface area (Å²) in [5.74, 6) is -0.00285. The number of amides is 2. The normalized spacial score (nSPS) is 22.9. The summed E-state index contributed by atoms with van der Waals surface area (Å²) >= 11 is 0. The number of hydrogen-bond donors (Lipinski definition) is 3. The highest BCUT2D eigenvalue weighted by Gasteiger charge is 2.41. The van der Waals surface area contributed by atoms with Crippen molar-refractivity contribution in [1.82, 2.24) is 10.2 Å². The number of hydrogen-bond acceptors (Lipinski definition) is 5. The number of likely N-dealkylation sites (tertiary alicyclic amines) is 1. The third-order valence-electron chi connectivity index (χ3n) is 5.87. The SMILES string of the molecule is N#Cc1ccc2c(c1)NC(=O)C(CCN1CCC(NC(=O)O)CC1)N2C1CC1. The number of carbonyl (C=O) groups is 2. The fraction of sp³-hybridized carbons (Fsp3) is 0.550. The average molecular weight is 383 g/mol. The van der Waals surface area contributed by atoms with Gasteiger partial charge in [-0.15, -0.1) is 0 Å². The number of piperidine rings is 1. The van der Waals surface area contributed by atoms with Crippen LogP contribution in [0.15, 0.2) is 18.2 Å². The van der Waals surface area contributed by atoms with Crippen molar-refractivity contribution in [2.24, 2.45) is 0 Å². The lowest BCUT2D eigenvalue weighted by atomic mass is 10.0. The standard InChI is InChI=1S/C20H25N5O3/c21-12-13-1-4-17-16(11-13)23-19(26)18(25(17)15-2-3-15)7-10-24-8-5-14(6-9-24)22-20(27)28/h1,4,11,14-15,18,22H,2-3,5-10H2,(H,23,26)(H,27,28). The molecule has 1 saturated heterocycles. The van der Waals surface area contributed by atoms with Crippen molar-refractivity contribution in [2.75, 3.05) is 29.9 Å². The van der Waals surface area contributed by atoms with Crippen LogP contribution in [-0.4, -0.2) is 59.8 Å². The third kappa shape index (κ3) is 3.90. The quantitative estimate of drug-likeness (QED) is 0.717. The highest BCUT2D eigenvalue weighted by molar-refractivity contribution is 6.04. The topological polar surface area (TPSA) is 109 Å². The van der Waals surface area contributed by atoms with Gasteiger partial charge in [-0.1, -0.05) is 0 Å². The molecule has 0 aromatic heterocycles. The Bertz CT molecular complexity index is 809. The van der Waals surface area contributed by atoms with Gasteiger partial charge >= 0.3 is 6.09 Å². The number of carboxylic acid groups (broad SMARTS) is 1. The zero-order valence-electron chi connectivity index (χ0n) is 15.7. The van der Waals surface area contributed by atoms with Crippen molar-refractivity contribution in [2.45, 2.75) is 50.2 Å². The van der Waals surface area contributed by atoms with Crippen molar-refractivity contribution >= 4 is 23.4 Å². The van der Waals surface area contributed by atoms with E-state index >= 15 is 0 Å². The van der Waals surface area contributed by atoms with Gasteiger partial charge in [0, 0.05) is 31.7 Å². The Morgan fingerprint density at radius 3 is 2.68 bits per heavy atom. The van der Waals surface area contributed by atoms with E-state index in [1.165, 1.54) is 0 Å². The molecule has 2 fully saturated rings. The fourth-order valence-corrected chi connectivity index (χ4v) is 4.30. The summed E-state index contributed by atoms with van der Waals surface area (Å²) in [5, 5.41) is 23.5. The van der Waals surface area contributed by atoms with Gasteiger partial charge in [0.1, 0.15) is 6.04 Å². The van der Waals surface area contributed by atoms with E-state index in [2.05, 4.69) is 26.5 Å². The monoisotopic (exact) mass is 383 g/mol. The first-order valence-electron chi connectivity index (χ1n) is 9.90. The number of nitrogens with zero attached hydrogens (tertiary/aromatic N) is 3. The van der Waals surface area contributed by atoms with Crippen LogP contribution in [0.1, 0.15) is 37.7 Å². The Kier molecular flexibility index (Phi) is 5.09. The highest BCUT2D eigenvalue weighted by Crippen LogP contribution is 2.41. The Morgan fingerprint density at radius 1 is 1.29 bits per heavy atom. The molecule has 0 spiro atoms. The Hall–Kier alpha value is -2.79. The maximum Gasteiger partial charge on any atom is 0.404 e. The number of carbonyl (C=O) groups excluding carboxylic acids is 1. The van der Waals surface area contributed by atoms with Gasteiger partial charge in [-0.2, -0.15) is 5.26 Å². The average Bonchev–Trinajstić information content (AvgIpc) is 3.51. The summed E-state index contributed by atoms with van der Waals surface area (Å²) in [6.07, 6.45) is 3.56. The van der Waals surface area contributed by atoms with E-state index < -0.39 is 6.09 Å². The molecule has 0 bridgehead atoms. The lowest BCUT2D eigenvalue weighted by Crippen LogP contribution is -2.51. The molecule has 1 atom stereocenters. The van der Waals surface area contributed by atoms with Gasteiger partial charge in [0.15, 0.2) is 0 Å². The maximum atomic E-state index is 12.8. The van der Waals surface area contributed by atoms with Crippen LogP contribution in [0.25, 0.3) is 0 Å². The number of benzene rings is 1. The van der Waals surface area contributed by atoms with Crippen LogP contribution in [-0.2, 0) is 4.79 Å². The molecule has 8 nitrogen and oxygen atoms in total. The molecule has 2 heterocycles. The zero-order valence-corrected chi connectivity index (χ0v) is 15.7. The molecule has 148 valence electrons. The lowest BCUT2D eigenvalue weighted by Gasteiger charge is -2.40. The van der Waals surface area contributed by atoms with Gasteiger partial charge in [-0.3, -0.25) is 4.79 Å². The predicted octanol–water partition coefficient (Wildman–Crippen LogP) is 1.97. The molecule has 3 N–H and O–H groups in total. The molecule has 1 unspecified atom stereocenters. The maximum absolute atomic E-state index is 12.8. The van der Waals surface area contributed by atoms with Gasteiger partial charge in [0.25, 0.3) is 0 Å². The molecule has 4 rings (SSSR count). The first-order valence-corrected chi connectivity index (χ1v) is 9.90. The lowest BCUT2D eigenvalue weighted by molar-refractivity contribution is -0.118. The third-order valence-corrected chi connectivity index (χ3v) is 5.87. The summed E-state index contributed by atoms with van der Waals surface area (Å²) in [7, 11) is 0. The largest absolute Gasteiger partial charge is 0.465 e. The highest BCUT2D eigenvalue weighted by atomic mass is 16.4. The first-order chi connectivity index (χ1) is 13.5. The van der Waals surface area contributed by atoms with E-state index in [9.17, 15) is 9.59 Å². The van der Waals surface area contributed by atoms with Gasteiger partial charge in [-0.05, 0) is 50.3 Å². The van der Waals surface area contributed by atoms with E-state index in [1.54, 1.807) is 6.07 Å². The molecule has 2 aliphatic heterocycles. The molecule has 8 heteroatoms. The number of nitriles is 1.